The third kappa shape index (κ3) is 13.6. The molecule has 0 saturated carbocycles. The number of primary amides is 1. The summed E-state index contributed by atoms with van der Waals surface area (Å²) >= 11 is 0. The molecule has 4 heterocycles. The zero-order valence-corrected chi connectivity index (χ0v) is 35.1. The molecule has 3 unspecified atom stereocenters. The van der Waals surface area contributed by atoms with Crippen LogP contribution in [-0.4, -0.2) is 149 Å². The van der Waals surface area contributed by atoms with E-state index >= 15 is 0 Å². The van der Waals surface area contributed by atoms with E-state index in [0.29, 0.717) is 25.9 Å². The Hall–Kier alpha value is -5.39. The zero-order chi connectivity index (χ0) is 44.1. The molecule has 11 N–H and O–H groups in total. The largest absolute Gasteiger partial charge is 0.481 e. The summed E-state index contributed by atoms with van der Waals surface area (Å²) in [6, 6.07) is 0.900. The smallest absolute Gasteiger partial charge is 0.305 e. The highest BCUT2D eigenvalue weighted by Gasteiger charge is 2.43. The number of aromatic nitrogens is 1. The van der Waals surface area contributed by atoms with Gasteiger partial charge in [0.25, 0.3) is 0 Å². The highest BCUT2D eigenvalue weighted by atomic mass is 33.1. The molecule has 23 heteroatoms. The van der Waals surface area contributed by atoms with Crippen LogP contribution < -0.4 is 43.0 Å². The number of carbonyl (C=O) groups is 9. The molecule has 0 bridgehead atoms. The van der Waals surface area contributed by atoms with Crippen molar-refractivity contribution < 1.29 is 53.0 Å². The van der Waals surface area contributed by atoms with Crippen molar-refractivity contribution >= 4 is 85.7 Å². The summed E-state index contributed by atoms with van der Waals surface area (Å²) < 4.78 is 6.19. The van der Waals surface area contributed by atoms with Crippen molar-refractivity contribution in [2.75, 3.05) is 44.2 Å². The lowest BCUT2D eigenvalue weighted by molar-refractivity contribution is -0.143. The number of carboxylic acids is 1. The van der Waals surface area contributed by atoms with Gasteiger partial charge < -0.3 is 62.7 Å². The Kier molecular flexibility index (Phi) is 17.2. The van der Waals surface area contributed by atoms with Crippen molar-refractivity contribution in [3.05, 3.63) is 36.0 Å². The highest BCUT2D eigenvalue weighted by Crippen LogP contribution is 2.27. The molecule has 0 spiro atoms. The molecule has 3 fully saturated rings. The van der Waals surface area contributed by atoms with Gasteiger partial charge in [-0.25, -0.2) is 0 Å². The first-order valence-electron chi connectivity index (χ1n) is 19.9. The lowest BCUT2D eigenvalue weighted by Crippen LogP contribution is -2.58. The average molecular weight is 889 g/mol. The molecule has 332 valence electrons. The average Bonchev–Trinajstić information content (AvgIpc) is 3.86. The van der Waals surface area contributed by atoms with Gasteiger partial charge in [0, 0.05) is 66.0 Å². The Bertz CT molecular complexity index is 1960. The van der Waals surface area contributed by atoms with Crippen molar-refractivity contribution in [1.29, 1.82) is 0 Å². The Morgan fingerprint density at radius 3 is 2.41 bits per heavy atom. The molecular formula is C38H52N10O11S2. The van der Waals surface area contributed by atoms with E-state index in [1.165, 1.54) is 22.6 Å². The van der Waals surface area contributed by atoms with Gasteiger partial charge in [-0.3, -0.25) is 43.2 Å². The molecular weight excluding hydrogens is 837 g/mol. The summed E-state index contributed by atoms with van der Waals surface area (Å²) in [7, 11) is 2.36. The Morgan fingerprint density at radius 2 is 1.67 bits per heavy atom. The van der Waals surface area contributed by atoms with Gasteiger partial charge in [-0.1, -0.05) is 39.8 Å². The van der Waals surface area contributed by atoms with Crippen molar-refractivity contribution in [1.82, 2.24) is 47.1 Å². The van der Waals surface area contributed by atoms with Crippen molar-refractivity contribution in [2.24, 2.45) is 11.7 Å². The molecule has 3 aliphatic rings. The molecule has 8 amide bonds. The molecule has 6 atom stereocenters. The second-order valence-corrected chi connectivity index (χ2v) is 17.5. The van der Waals surface area contributed by atoms with Gasteiger partial charge >= 0.3 is 5.97 Å². The summed E-state index contributed by atoms with van der Waals surface area (Å²) in [6.45, 7) is 1.65. The zero-order valence-electron chi connectivity index (χ0n) is 33.5. The normalized spacial score (nSPS) is 26.0. The number of nitrogens with zero attached hydrogens (tertiary/aromatic N) is 1. The summed E-state index contributed by atoms with van der Waals surface area (Å²) in [5, 5.41) is 28.6. The number of fused-ring (bicyclic) bond motifs is 2. The van der Waals surface area contributed by atoms with Gasteiger partial charge in [-0.05, 0) is 38.9 Å². The number of carboxylic acid groups (broad SMARTS) is 1. The van der Waals surface area contributed by atoms with Crippen LogP contribution in [0, 0.1) is 5.92 Å². The van der Waals surface area contributed by atoms with Crippen molar-refractivity contribution in [3.8, 4) is 0 Å². The summed E-state index contributed by atoms with van der Waals surface area (Å²) in [5.41, 5.74) is 7.40. The van der Waals surface area contributed by atoms with Crippen LogP contribution in [0.2, 0.25) is 0 Å². The Balaban J connectivity index is 1.32. The second kappa shape index (κ2) is 22.5. The number of H-pyrrole nitrogens is 1. The van der Waals surface area contributed by atoms with Crippen LogP contribution in [0.15, 0.2) is 30.5 Å². The van der Waals surface area contributed by atoms with E-state index in [0.717, 1.165) is 27.3 Å². The Labute approximate surface area is 358 Å². The van der Waals surface area contributed by atoms with E-state index in [9.17, 15) is 48.3 Å². The van der Waals surface area contributed by atoms with Gasteiger partial charge in [0.15, 0.2) is 0 Å². The number of piperidine rings is 1. The standard InChI is InChI=1S/C38H52N10O11S2/c1-20-38(58)48-17-23(59-18-22-14-41-25-5-3-2-4-24(22)25)12-29(48)37(57)47-28(33(39)53)19-61-60-11-8-30(49)46-27(15-42-34(54)21-6-9-40-10-7-21)35(55)43-16-31(50)45-26(13-32(51)52)36(56)44-20/h2-5,14,20-21,23,26-29,40-41H,6-13,15-19H2,1H3,(H2,39,53)(H,42,54)(H,43,55)(H,44,56)(H,45,50)(H,46,49)(H,47,57)(H,51,52)/t20-,23?,26-,27-,28?,29?/m0/s1. The second-order valence-electron chi connectivity index (χ2n) is 14.9. The van der Waals surface area contributed by atoms with Crippen molar-refractivity contribution in [2.45, 2.75) is 81.9 Å². The van der Waals surface area contributed by atoms with E-state index in [-0.39, 0.29) is 55.9 Å². The van der Waals surface area contributed by atoms with Crippen molar-refractivity contribution in [3.63, 3.8) is 0 Å². The number of para-hydroxylation sites is 1. The SMILES string of the molecule is C[C@@H]1NC(=O)[C@H](CC(=O)O)NC(=O)CNC(=O)[C@H](CNC(=O)C2CCNCC2)NC(=O)CCSSCC(C(N)=O)NC(=O)C2CC(OCc3c[nH]c4ccccc34)CN2C1=O. The number of amides is 8. The van der Waals surface area contributed by atoms with E-state index in [1.807, 2.05) is 24.3 Å². The fourth-order valence-corrected chi connectivity index (χ4v) is 9.26. The number of hydrogen-bond acceptors (Lipinski definition) is 13. The highest BCUT2D eigenvalue weighted by molar-refractivity contribution is 8.76. The number of benzene rings is 1. The molecule has 61 heavy (non-hydrogen) atoms. The molecule has 0 aliphatic carbocycles. The maximum absolute atomic E-state index is 14.0. The number of carbonyl (C=O) groups excluding carboxylic acids is 8. The first-order chi connectivity index (χ1) is 29.2. The number of aliphatic carboxylic acids is 1. The van der Waals surface area contributed by atoms with Gasteiger partial charge in [0.05, 0.1) is 25.7 Å². The molecule has 21 nitrogen and oxygen atoms in total. The first-order valence-corrected chi connectivity index (χ1v) is 22.4. The number of rotatable bonds is 9. The van der Waals surface area contributed by atoms with Crippen LogP contribution in [0.3, 0.4) is 0 Å². The van der Waals surface area contributed by atoms with Crippen LogP contribution in [0.4, 0.5) is 0 Å². The van der Waals surface area contributed by atoms with Crippen LogP contribution in [0.25, 0.3) is 10.9 Å². The third-order valence-electron chi connectivity index (χ3n) is 10.4. The van der Waals surface area contributed by atoms with Gasteiger partial charge in [-0.2, -0.15) is 0 Å². The number of hydrogen-bond donors (Lipinski definition) is 10. The van der Waals surface area contributed by atoms with Gasteiger partial charge in [0.2, 0.25) is 47.3 Å². The minimum Gasteiger partial charge on any atom is -0.481 e. The predicted molar refractivity (Wildman–Crippen MR) is 223 cm³/mol. The lowest BCUT2D eigenvalue weighted by atomic mass is 9.97. The molecule has 1 aromatic carbocycles. The van der Waals surface area contributed by atoms with Crippen LogP contribution in [0.5, 0.6) is 0 Å². The molecule has 1 aromatic heterocycles. The minimum atomic E-state index is -1.70. The maximum atomic E-state index is 14.0. The molecule has 2 aromatic rings. The maximum Gasteiger partial charge on any atom is 0.305 e. The van der Waals surface area contributed by atoms with Gasteiger partial charge in [0.1, 0.15) is 30.2 Å². The fourth-order valence-electron chi connectivity index (χ4n) is 7.09. The first kappa shape index (κ1) is 46.7. The minimum absolute atomic E-state index is 0.000716. The number of nitrogens with one attached hydrogen (secondary N) is 8. The van der Waals surface area contributed by atoms with Gasteiger partial charge in [-0.15, -0.1) is 0 Å². The molecule has 3 saturated heterocycles. The van der Waals surface area contributed by atoms with Crippen LogP contribution in [0.1, 0.15) is 44.6 Å². The topological polar surface area (TPSA) is 312 Å². The monoisotopic (exact) mass is 888 g/mol. The van der Waals surface area contributed by atoms with E-state index in [1.54, 1.807) is 6.20 Å². The Morgan fingerprint density at radius 1 is 0.934 bits per heavy atom. The fraction of sp³-hybridized carbons (Fsp3) is 0.553. The van der Waals surface area contributed by atoms with E-state index < -0.39 is 96.6 Å². The lowest BCUT2D eigenvalue weighted by Gasteiger charge is -2.28. The number of aromatic amines is 1. The summed E-state index contributed by atoms with van der Waals surface area (Å²) in [4.78, 5) is 122. The quantitative estimate of drug-likeness (QED) is 0.117. The number of ether oxygens (including phenoxy) is 1. The van der Waals surface area contributed by atoms with Crippen LogP contribution >= 0.6 is 21.6 Å². The molecule has 0 radical (unpaired) electrons. The third-order valence-corrected chi connectivity index (χ3v) is 12.8. The molecule has 5 rings (SSSR count). The van der Waals surface area contributed by atoms with E-state index in [2.05, 4.69) is 42.2 Å². The van der Waals surface area contributed by atoms with Crippen LogP contribution in [-0.2, 0) is 54.5 Å². The predicted octanol–water partition coefficient (Wildman–Crippen LogP) is -2.41. The summed E-state index contributed by atoms with van der Waals surface area (Å²) in [5.74, 6) is -7.52. The number of nitrogens with two attached hydrogens (primary N) is 1. The van der Waals surface area contributed by atoms with E-state index in [4.69, 9.17) is 10.5 Å². The summed E-state index contributed by atoms with van der Waals surface area (Å²) in [6.07, 6.45) is 1.35. The molecule has 3 aliphatic heterocycles.